The minimum atomic E-state index is -0.948. The summed E-state index contributed by atoms with van der Waals surface area (Å²) in [5.74, 6) is -0.372. The van der Waals surface area contributed by atoms with Crippen LogP contribution < -0.4 is 10.6 Å². The summed E-state index contributed by atoms with van der Waals surface area (Å²) >= 11 is 0. The molecule has 3 rings (SSSR count). The molecule has 0 heterocycles. The van der Waals surface area contributed by atoms with Gasteiger partial charge in [-0.2, -0.15) is 0 Å². The van der Waals surface area contributed by atoms with Crippen LogP contribution in [0, 0.1) is 0 Å². The highest BCUT2D eigenvalue weighted by atomic mass is 16.2. The smallest absolute Gasteiger partial charge is 0.246 e. The lowest BCUT2D eigenvalue weighted by atomic mass is 9.83. The van der Waals surface area contributed by atoms with Crippen molar-refractivity contribution in [2.24, 2.45) is 0 Å². The molecule has 0 aliphatic heterocycles. The Hall–Kier alpha value is -2.62. The second-order valence-electron chi connectivity index (χ2n) is 5.98. The standard InChI is InChI=1S/C19H20N2O2/c1-14(22)21-19(17(23)20-2)13-18(19,15-9-5-3-6-10-15)16-11-7-4-8-12-16/h3-12H,13H2,1-2H3,(H,20,23)(H,21,22)/t19-/m1/s1. The average Bonchev–Trinajstić information content (AvgIpc) is 3.26. The number of carbonyl (C=O) groups is 2. The van der Waals surface area contributed by atoms with Gasteiger partial charge in [0.05, 0.1) is 5.41 Å². The van der Waals surface area contributed by atoms with Gasteiger partial charge in [0.25, 0.3) is 0 Å². The highest BCUT2D eigenvalue weighted by Gasteiger charge is 2.73. The normalized spacial score (nSPS) is 21.3. The van der Waals surface area contributed by atoms with Gasteiger partial charge in [-0.25, -0.2) is 0 Å². The lowest BCUT2D eigenvalue weighted by Crippen LogP contribution is -2.52. The van der Waals surface area contributed by atoms with Crippen LogP contribution in [0.3, 0.4) is 0 Å². The van der Waals surface area contributed by atoms with E-state index in [0.717, 1.165) is 11.1 Å². The number of hydrogen-bond donors (Lipinski definition) is 2. The molecule has 1 aliphatic carbocycles. The molecule has 0 aromatic heterocycles. The van der Waals surface area contributed by atoms with Gasteiger partial charge in [0.2, 0.25) is 11.8 Å². The van der Waals surface area contributed by atoms with Gasteiger partial charge in [0.15, 0.2) is 0 Å². The van der Waals surface area contributed by atoms with E-state index in [-0.39, 0.29) is 11.8 Å². The monoisotopic (exact) mass is 308 g/mol. The summed E-state index contributed by atoms with van der Waals surface area (Å²) in [6, 6.07) is 19.8. The molecule has 0 spiro atoms. The van der Waals surface area contributed by atoms with E-state index in [4.69, 9.17) is 0 Å². The molecule has 2 amide bonds. The summed E-state index contributed by atoms with van der Waals surface area (Å²) in [4.78, 5) is 24.4. The van der Waals surface area contributed by atoms with E-state index >= 15 is 0 Å². The maximum Gasteiger partial charge on any atom is 0.246 e. The molecule has 0 bridgehead atoms. The maximum absolute atomic E-state index is 12.7. The van der Waals surface area contributed by atoms with E-state index in [9.17, 15) is 9.59 Å². The zero-order chi connectivity index (χ0) is 16.5. The Bertz CT molecular complexity index is 688. The van der Waals surface area contributed by atoms with E-state index in [1.807, 2.05) is 60.7 Å². The average molecular weight is 308 g/mol. The molecule has 1 atom stereocenters. The Morgan fingerprint density at radius 3 is 1.78 bits per heavy atom. The molecule has 4 heteroatoms. The summed E-state index contributed by atoms with van der Waals surface area (Å²) in [6.45, 7) is 1.45. The first-order valence-electron chi connectivity index (χ1n) is 7.69. The van der Waals surface area contributed by atoms with Crippen LogP contribution in [0.4, 0.5) is 0 Å². The Morgan fingerprint density at radius 2 is 1.39 bits per heavy atom. The predicted molar refractivity (Wildman–Crippen MR) is 88.9 cm³/mol. The Balaban J connectivity index is 2.19. The van der Waals surface area contributed by atoms with E-state index in [2.05, 4.69) is 10.6 Å². The fraction of sp³-hybridized carbons (Fsp3) is 0.263. The zero-order valence-electron chi connectivity index (χ0n) is 13.3. The topological polar surface area (TPSA) is 58.2 Å². The van der Waals surface area contributed by atoms with Crippen LogP contribution in [0.1, 0.15) is 24.5 Å². The van der Waals surface area contributed by atoms with Gasteiger partial charge in [-0.05, 0) is 17.5 Å². The number of carbonyl (C=O) groups excluding carboxylic acids is 2. The van der Waals surface area contributed by atoms with Crippen molar-refractivity contribution in [3.63, 3.8) is 0 Å². The molecular weight excluding hydrogens is 288 g/mol. The van der Waals surface area contributed by atoms with Crippen molar-refractivity contribution >= 4 is 11.8 Å². The number of amides is 2. The largest absolute Gasteiger partial charge is 0.357 e. The lowest BCUT2D eigenvalue weighted by molar-refractivity contribution is -0.129. The summed E-state index contributed by atoms with van der Waals surface area (Å²) in [5, 5.41) is 5.63. The highest BCUT2D eigenvalue weighted by Crippen LogP contribution is 2.61. The second-order valence-corrected chi connectivity index (χ2v) is 5.98. The van der Waals surface area contributed by atoms with Crippen LogP contribution in [-0.4, -0.2) is 24.4 Å². The summed E-state index contributed by atoms with van der Waals surface area (Å²) in [7, 11) is 1.60. The van der Waals surface area contributed by atoms with Gasteiger partial charge in [-0.15, -0.1) is 0 Å². The lowest BCUT2D eigenvalue weighted by Gasteiger charge is -2.26. The van der Waals surface area contributed by atoms with Gasteiger partial charge >= 0.3 is 0 Å². The molecule has 1 saturated carbocycles. The molecule has 1 fully saturated rings. The first-order valence-corrected chi connectivity index (χ1v) is 7.69. The SMILES string of the molecule is CNC(=O)[C@]1(NC(C)=O)CC1(c1ccccc1)c1ccccc1. The van der Waals surface area contributed by atoms with Gasteiger partial charge in [-0.1, -0.05) is 60.7 Å². The van der Waals surface area contributed by atoms with Gasteiger partial charge in [0, 0.05) is 14.0 Å². The quantitative estimate of drug-likeness (QED) is 0.907. The molecule has 0 unspecified atom stereocenters. The highest BCUT2D eigenvalue weighted by molar-refractivity contribution is 5.98. The van der Waals surface area contributed by atoms with Crippen molar-refractivity contribution in [1.82, 2.24) is 10.6 Å². The molecule has 1 aliphatic rings. The first-order chi connectivity index (χ1) is 11.1. The van der Waals surface area contributed by atoms with E-state index in [0.29, 0.717) is 6.42 Å². The van der Waals surface area contributed by atoms with E-state index in [1.54, 1.807) is 7.05 Å². The molecule has 0 radical (unpaired) electrons. The summed E-state index contributed by atoms with van der Waals surface area (Å²) < 4.78 is 0. The van der Waals surface area contributed by atoms with Crippen LogP contribution >= 0.6 is 0 Å². The number of rotatable bonds is 4. The third-order valence-corrected chi connectivity index (χ3v) is 4.67. The van der Waals surface area contributed by atoms with E-state index in [1.165, 1.54) is 6.92 Å². The van der Waals surface area contributed by atoms with Crippen molar-refractivity contribution in [1.29, 1.82) is 0 Å². The molecule has 0 saturated heterocycles. The minimum Gasteiger partial charge on any atom is -0.357 e. The molecule has 23 heavy (non-hydrogen) atoms. The van der Waals surface area contributed by atoms with Gasteiger partial charge in [-0.3, -0.25) is 9.59 Å². The van der Waals surface area contributed by atoms with Gasteiger partial charge < -0.3 is 10.6 Å². The second kappa shape index (κ2) is 5.54. The van der Waals surface area contributed by atoms with Gasteiger partial charge in [0.1, 0.15) is 5.54 Å². The Labute approximate surface area is 135 Å². The number of benzene rings is 2. The fourth-order valence-corrected chi connectivity index (χ4v) is 3.66. The van der Waals surface area contributed by atoms with Crippen molar-refractivity contribution in [3.8, 4) is 0 Å². The molecule has 4 nitrogen and oxygen atoms in total. The minimum absolute atomic E-state index is 0.166. The van der Waals surface area contributed by atoms with Crippen molar-refractivity contribution in [2.45, 2.75) is 24.3 Å². The Kier molecular flexibility index (Phi) is 3.68. The van der Waals surface area contributed by atoms with Crippen LogP contribution in [0.2, 0.25) is 0 Å². The molecule has 2 aromatic carbocycles. The van der Waals surface area contributed by atoms with Crippen LogP contribution in [0.25, 0.3) is 0 Å². The summed E-state index contributed by atoms with van der Waals surface area (Å²) in [6.07, 6.45) is 0.549. The van der Waals surface area contributed by atoms with Crippen LogP contribution in [0.15, 0.2) is 60.7 Å². The fourth-order valence-electron chi connectivity index (χ4n) is 3.66. The zero-order valence-corrected chi connectivity index (χ0v) is 13.3. The third kappa shape index (κ3) is 2.22. The van der Waals surface area contributed by atoms with Crippen LogP contribution in [0.5, 0.6) is 0 Å². The van der Waals surface area contributed by atoms with Crippen LogP contribution in [-0.2, 0) is 15.0 Å². The number of likely N-dealkylation sites (N-methyl/N-ethyl adjacent to an activating group) is 1. The molecule has 118 valence electrons. The van der Waals surface area contributed by atoms with Crippen molar-refractivity contribution in [3.05, 3.63) is 71.8 Å². The van der Waals surface area contributed by atoms with E-state index < -0.39 is 11.0 Å². The first kappa shape index (κ1) is 15.3. The van der Waals surface area contributed by atoms with Crippen molar-refractivity contribution < 1.29 is 9.59 Å². The number of hydrogen-bond acceptors (Lipinski definition) is 2. The molecule has 2 aromatic rings. The third-order valence-electron chi connectivity index (χ3n) is 4.67. The molecular formula is C19H20N2O2. The number of nitrogens with one attached hydrogen (secondary N) is 2. The Morgan fingerprint density at radius 1 is 0.913 bits per heavy atom. The van der Waals surface area contributed by atoms with Crippen molar-refractivity contribution in [2.75, 3.05) is 7.05 Å². The predicted octanol–water partition coefficient (Wildman–Crippen LogP) is 2.00. The molecule has 2 N–H and O–H groups in total. The summed E-state index contributed by atoms with van der Waals surface area (Å²) in [5.41, 5.74) is 0.574. The maximum atomic E-state index is 12.7.